The van der Waals surface area contributed by atoms with E-state index in [1.165, 1.54) is 0 Å². The molecule has 0 aliphatic carbocycles. The molecule has 0 unspecified atom stereocenters. The summed E-state index contributed by atoms with van der Waals surface area (Å²) in [6.45, 7) is 7.12. The van der Waals surface area contributed by atoms with Gasteiger partial charge in [-0.25, -0.2) is 4.39 Å². The fourth-order valence-electron chi connectivity index (χ4n) is 0.626. The lowest BCUT2D eigenvalue weighted by Crippen LogP contribution is -2.05. The average molecular weight is 141 g/mol. The van der Waals surface area contributed by atoms with E-state index in [4.69, 9.17) is 5.26 Å². The predicted molar refractivity (Wildman–Crippen MR) is 39.1 cm³/mol. The monoisotopic (exact) mass is 141 g/mol. The fraction of sp³-hybridized carbons (Fsp3) is 0.625. The highest BCUT2D eigenvalue weighted by molar-refractivity contribution is 5.20. The molecule has 0 saturated heterocycles. The van der Waals surface area contributed by atoms with E-state index < -0.39 is 6.17 Å². The van der Waals surface area contributed by atoms with Gasteiger partial charge in [-0.1, -0.05) is 20.4 Å². The van der Waals surface area contributed by atoms with Crippen LogP contribution in [0.25, 0.3) is 0 Å². The molecule has 0 aromatic carbocycles. The Kier molecular flexibility index (Phi) is 3.71. The van der Waals surface area contributed by atoms with E-state index in [9.17, 15) is 4.39 Å². The van der Waals surface area contributed by atoms with Crippen molar-refractivity contribution >= 4 is 0 Å². The summed E-state index contributed by atoms with van der Waals surface area (Å²) in [5, 5.41) is 8.23. The van der Waals surface area contributed by atoms with Crippen molar-refractivity contribution in [3.63, 3.8) is 0 Å². The van der Waals surface area contributed by atoms with Crippen molar-refractivity contribution in [2.75, 3.05) is 0 Å². The molecule has 0 fully saturated rings. The summed E-state index contributed by atoms with van der Waals surface area (Å²) in [7, 11) is 0. The summed E-state index contributed by atoms with van der Waals surface area (Å²) in [6.07, 6.45) is -0.753. The molecule has 56 valence electrons. The summed E-state index contributed by atoms with van der Waals surface area (Å²) < 4.78 is 12.7. The molecule has 0 aliphatic heterocycles. The molecule has 1 atom stereocenters. The van der Waals surface area contributed by atoms with Gasteiger partial charge in [-0.2, -0.15) is 5.26 Å². The minimum atomic E-state index is -1.15. The lowest BCUT2D eigenvalue weighted by Gasteiger charge is -2.07. The van der Waals surface area contributed by atoms with Crippen molar-refractivity contribution in [2.45, 2.75) is 26.4 Å². The first-order valence-electron chi connectivity index (χ1n) is 3.31. The predicted octanol–water partition coefficient (Wildman–Crippen LogP) is 2.45. The van der Waals surface area contributed by atoms with Crippen LogP contribution in [0, 0.1) is 17.2 Å². The maximum Gasteiger partial charge on any atom is 0.135 e. The Bertz CT molecular complexity index is 155. The van der Waals surface area contributed by atoms with Crippen LogP contribution in [-0.2, 0) is 0 Å². The second-order valence-corrected chi connectivity index (χ2v) is 2.73. The molecule has 0 radical (unpaired) electrons. The van der Waals surface area contributed by atoms with E-state index in [0.717, 1.165) is 0 Å². The van der Waals surface area contributed by atoms with Gasteiger partial charge in [0.25, 0.3) is 0 Å². The lowest BCUT2D eigenvalue weighted by molar-refractivity contribution is 0.330. The van der Waals surface area contributed by atoms with E-state index in [0.29, 0.717) is 6.42 Å². The number of allylic oxidation sites excluding steroid dienone is 1. The first kappa shape index (κ1) is 9.16. The smallest absolute Gasteiger partial charge is 0.135 e. The van der Waals surface area contributed by atoms with Crippen molar-refractivity contribution in [3.8, 4) is 6.07 Å². The molecule has 0 aliphatic rings. The van der Waals surface area contributed by atoms with Crippen molar-refractivity contribution in [1.82, 2.24) is 0 Å². The highest BCUT2D eigenvalue weighted by Crippen LogP contribution is 2.13. The number of rotatable bonds is 3. The third kappa shape index (κ3) is 3.24. The SMILES string of the molecule is C=C(C#N)[C@@H](F)CC(C)C. The number of hydrogen-bond donors (Lipinski definition) is 0. The van der Waals surface area contributed by atoms with Gasteiger partial charge in [0.1, 0.15) is 6.17 Å². The normalized spacial score (nSPS) is 12.7. The zero-order chi connectivity index (χ0) is 8.15. The van der Waals surface area contributed by atoms with Gasteiger partial charge < -0.3 is 0 Å². The maximum absolute atomic E-state index is 12.7. The van der Waals surface area contributed by atoms with Crippen molar-refractivity contribution in [2.24, 2.45) is 5.92 Å². The molecular weight excluding hydrogens is 129 g/mol. The Balaban J connectivity index is 3.76. The van der Waals surface area contributed by atoms with Crippen LogP contribution in [0.2, 0.25) is 0 Å². The van der Waals surface area contributed by atoms with E-state index in [2.05, 4.69) is 6.58 Å². The quantitative estimate of drug-likeness (QED) is 0.554. The summed E-state index contributed by atoms with van der Waals surface area (Å²) in [5.41, 5.74) is 0.0358. The van der Waals surface area contributed by atoms with Gasteiger partial charge in [0.15, 0.2) is 0 Å². The van der Waals surface area contributed by atoms with Crippen LogP contribution in [0.3, 0.4) is 0 Å². The number of hydrogen-bond acceptors (Lipinski definition) is 1. The average Bonchev–Trinajstić information content (AvgIpc) is 1.85. The molecule has 0 heterocycles. The standard InChI is InChI=1S/C8H12FN/c1-6(2)4-8(9)7(3)5-10/h6,8H,3-4H2,1-2H3/t8-/m0/s1. The van der Waals surface area contributed by atoms with Crippen LogP contribution in [-0.4, -0.2) is 6.17 Å². The largest absolute Gasteiger partial charge is 0.242 e. The van der Waals surface area contributed by atoms with Crippen molar-refractivity contribution in [3.05, 3.63) is 12.2 Å². The molecule has 0 aromatic heterocycles. The van der Waals surface area contributed by atoms with E-state index >= 15 is 0 Å². The summed E-state index contributed by atoms with van der Waals surface area (Å²) >= 11 is 0. The van der Waals surface area contributed by atoms with E-state index in [1.54, 1.807) is 6.07 Å². The Morgan fingerprint density at radius 3 is 2.50 bits per heavy atom. The molecule has 10 heavy (non-hydrogen) atoms. The lowest BCUT2D eigenvalue weighted by atomic mass is 10.0. The number of nitrogens with zero attached hydrogens (tertiary/aromatic N) is 1. The zero-order valence-electron chi connectivity index (χ0n) is 6.39. The third-order valence-corrected chi connectivity index (χ3v) is 1.20. The topological polar surface area (TPSA) is 23.8 Å². The van der Waals surface area contributed by atoms with Crippen LogP contribution in [0.4, 0.5) is 4.39 Å². The van der Waals surface area contributed by atoms with E-state index in [-0.39, 0.29) is 11.5 Å². The molecule has 0 N–H and O–H groups in total. The van der Waals surface area contributed by atoms with Crippen molar-refractivity contribution < 1.29 is 4.39 Å². The van der Waals surface area contributed by atoms with Crippen LogP contribution in [0.1, 0.15) is 20.3 Å². The fourth-order valence-corrected chi connectivity index (χ4v) is 0.626. The van der Waals surface area contributed by atoms with Crippen LogP contribution >= 0.6 is 0 Å². The van der Waals surface area contributed by atoms with Crippen LogP contribution < -0.4 is 0 Å². The molecule has 0 saturated carbocycles. The molecule has 2 heteroatoms. The van der Waals surface area contributed by atoms with Gasteiger partial charge in [0.05, 0.1) is 11.6 Å². The molecular formula is C8H12FN. The van der Waals surface area contributed by atoms with Gasteiger partial charge in [0, 0.05) is 0 Å². The van der Waals surface area contributed by atoms with Gasteiger partial charge in [0.2, 0.25) is 0 Å². The highest BCUT2D eigenvalue weighted by Gasteiger charge is 2.11. The second-order valence-electron chi connectivity index (χ2n) is 2.73. The van der Waals surface area contributed by atoms with Gasteiger partial charge >= 0.3 is 0 Å². The van der Waals surface area contributed by atoms with Crippen LogP contribution in [0.5, 0.6) is 0 Å². The summed E-state index contributed by atoms with van der Waals surface area (Å²) in [6, 6.07) is 1.70. The highest BCUT2D eigenvalue weighted by atomic mass is 19.1. The van der Waals surface area contributed by atoms with Gasteiger partial charge in [-0.05, 0) is 12.3 Å². The first-order chi connectivity index (χ1) is 4.57. The van der Waals surface area contributed by atoms with Crippen molar-refractivity contribution in [1.29, 1.82) is 5.26 Å². The molecule has 0 spiro atoms. The summed E-state index contributed by atoms with van der Waals surface area (Å²) in [4.78, 5) is 0. The number of halogens is 1. The Labute approximate surface area is 61.2 Å². The number of nitriles is 1. The Hall–Kier alpha value is -0.840. The maximum atomic E-state index is 12.7. The first-order valence-corrected chi connectivity index (χ1v) is 3.31. The van der Waals surface area contributed by atoms with E-state index in [1.807, 2.05) is 13.8 Å². The number of alkyl halides is 1. The molecule has 0 rings (SSSR count). The Morgan fingerprint density at radius 1 is 1.70 bits per heavy atom. The molecule has 0 bridgehead atoms. The Morgan fingerprint density at radius 2 is 2.20 bits per heavy atom. The second kappa shape index (κ2) is 4.05. The molecule has 0 amide bonds. The minimum Gasteiger partial charge on any atom is -0.242 e. The summed E-state index contributed by atoms with van der Waals surface area (Å²) in [5.74, 6) is 0.278. The zero-order valence-corrected chi connectivity index (χ0v) is 6.39. The van der Waals surface area contributed by atoms with Gasteiger partial charge in [-0.15, -0.1) is 0 Å². The minimum absolute atomic E-state index is 0.0358. The molecule has 0 aromatic rings. The third-order valence-electron chi connectivity index (χ3n) is 1.20. The van der Waals surface area contributed by atoms with Gasteiger partial charge in [-0.3, -0.25) is 0 Å². The molecule has 1 nitrogen and oxygen atoms in total. The van der Waals surface area contributed by atoms with Crippen LogP contribution in [0.15, 0.2) is 12.2 Å².